The molecule has 0 aliphatic rings. The summed E-state index contributed by atoms with van der Waals surface area (Å²) < 4.78 is 8.12. The lowest BCUT2D eigenvalue weighted by Crippen LogP contribution is -2.37. The fourth-order valence-corrected chi connectivity index (χ4v) is 2.51. The second kappa shape index (κ2) is 5.94. The van der Waals surface area contributed by atoms with Crippen molar-refractivity contribution >= 4 is 28.1 Å². The average Bonchev–Trinajstić information content (AvgIpc) is 2.88. The van der Waals surface area contributed by atoms with Crippen molar-refractivity contribution in [1.82, 2.24) is 15.1 Å². The summed E-state index contributed by atoms with van der Waals surface area (Å²) in [5, 5.41) is 4.41. The molecule has 1 atom stereocenters. The van der Waals surface area contributed by atoms with Crippen LogP contribution in [0.15, 0.2) is 41.3 Å². The Hall–Kier alpha value is -1.74. The summed E-state index contributed by atoms with van der Waals surface area (Å²) in [6.07, 6.45) is 1.33. The average molecular weight is 397 g/mol. The number of fused-ring (bicyclic) bond motifs is 1. The van der Waals surface area contributed by atoms with Gasteiger partial charge in [0, 0.05) is 0 Å². The smallest absolute Gasteiger partial charge is 0.341 e. The maximum atomic E-state index is 12.0. The van der Waals surface area contributed by atoms with Gasteiger partial charge >= 0.3 is 9.39 Å². The van der Waals surface area contributed by atoms with Crippen LogP contribution in [-0.2, 0) is 11.3 Å². The van der Waals surface area contributed by atoms with E-state index in [1.165, 1.54) is 0 Å². The van der Waals surface area contributed by atoms with E-state index >= 15 is 0 Å². The summed E-state index contributed by atoms with van der Waals surface area (Å²) >= 11 is 2.09. The molecule has 1 unspecified atom stereocenters. The highest BCUT2D eigenvalue weighted by Crippen LogP contribution is 2.13. The van der Waals surface area contributed by atoms with E-state index in [2.05, 4.69) is 37.7 Å². The third-order valence-corrected chi connectivity index (χ3v) is 3.92. The Labute approximate surface area is 134 Å². The standard InChI is InChI=1S/C14H13IN4O2/c1-9(21-8-10-5-3-2-4-6-10)12-17-13(20)11-7-16-14(15)19(11)18-12/h2-7,9H,8H2,1H3,(H,17,18,20)/p+1. The van der Waals surface area contributed by atoms with Gasteiger partial charge in [-0.2, -0.15) is 0 Å². The van der Waals surface area contributed by atoms with Gasteiger partial charge in [0.25, 0.3) is 5.52 Å². The first-order chi connectivity index (χ1) is 10.1. The first-order valence-electron chi connectivity index (χ1n) is 6.50. The summed E-state index contributed by atoms with van der Waals surface area (Å²) in [6.45, 7) is 2.34. The van der Waals surface area contributed by atoms with E-state index in [4.69, 9.17) is 4.74 Å². The summed E-state index contributed by atoms with van der Waals surface area (Å²) in [5.74, 6) is 0.506. The van der Waals surface area contributed by atoms with E-state index in [1.807, 2.05) is 37.3 Å². The molecule has 0 fully saturated rings. The van der Waals surface area contributed by atoms with Crippen molar-refractivity contribution in [2.75, 3.05) is 0 Å². The first kappa shape index (κ1) is 14.2. The molecule has 0 bridgehead atoms. The molecule has 0 amide bonds. The largest absolute Gasteiger partial charge is 0.366 e. The molecule has 0 saturated carbocycles. The highest BCUT2D eigenvalue weighted by atomic mass is 127. The van der Waals surface area contributed by atoms with Crippen LogP contribution in [0.25, 0.3) is 5.52 Å². The first-order valence-corrected chi connectivity index (χ1v) is 7.57. The molecule has 7 heteroatoms. The van der Waals surface area contributed by atoms with Gasteiger partial charge in [0.2, 0.25) is 0 Å². The monoisotopic (exact) mass is 397 g/mol. The van der Waals surface area contributed by atoms with E-state index < -0.39 is 0 Å². The van der Waals surface area contributed by atoms with Crippen molar-refractivity contribution in [1.29, 1.82) is 0 Å². The van der Waals surface area contributed by atoms with Crippen molar-refractivity contribution in [3.05, 3.63) is 62.1 Å². The quantitative estimate of drug-likeness (QED) is 0.520. The number of ether oxygens (including phenoxy) is 1. The molecular weight excluding hydrogens is 383 g/mol. The Morgan fingerprint density at radius 3 is 2.90 bits per heavy atom. The van der Waals surface area contributed by atoms with Gasteiger partial charge in [-0.05, 0) is 12.5 Å². The van der Waals surface area contributed by atoms with Crippen LogP contribution in [0.5, 0.6) is 0 Å². The summed E-state index contributed by atoms with van der Waals surface area (Å²) in [6, 6.07) is 9.89. The van der Waals surface area contributed by atoms with Gasteiger partial charge in [-0.25, -0.2) is 4.98 Å². The van der Waals surface area contributed by atoms with Crippen molar-refractivity contribution < 1.29 is 9.25 Å². The van der Waals surface area contributed by atoms with Gasteiger partial charge in [-0.3, -0.25) is 4.79 Å². The van der Waals surface area contributed by atoms with Gasteiger partial charge in [0.05, 0.1) is 29.2 Å². The molecule has 6 nitrogen and oxygen atoms in total. The molecule has 3 rings (SSSR count). The predicted molar refractivity (Wildman–Crippen MR) is 84.7 cm³/mol. The van der Waals surface area contributed by atoms with E-state index in [1.54, 1.807) is 10.7 Å². The Morgan fingerprint density at radius 1 is 1.38 bits per heavy atom. The molecule has 0 radical (unpaired) electrons. The van der Waals surface area contributed by atoms with Gasteiger partial charge in [-0.15, -0.1) is 0 Å². The van der Waals surface area contributed by atoms with Crippen LogP contribution >= 0.6 is 22.6 Å². The summed E-state index contributed by atoms with van der Waals surface area (Å²) in [7, 11) is 0. The third kappa shape index (κ3) is 2.98. The zero-order valence-electron chi connectivity index (χ0n) is 11.3. The number of benzene rings is 1. The van der Waals surface area contributed by atoms with Crippen LogP contribution in [0.2, 0.25) is 0 Å². The SMILES string of the molecule is CC(OCc1ccccc1)c1n[n+]2c(I)[nH]cc2c(=O)[nH]1. The normalized spacial score (nSPS) is 12.7. The van der Waals surface area contributed by atoms with Crippen LogP contribution in [0.1, 0.15) is 24.4 Å². The van der Waals surface area contributed by atoms with Gasteiger partial charge < -0.3 is 9.72 Å². The van der Waals surface area contributed by atoms with Crippen LogP contribution < -0.4 is 10.1 Å². The second-order valence-electron chi connectivity index (χ2n) is 4.65. The highest BCUT2D eigenvalue weighted by molar-refractivity contribution is 14.1. The van der Waals surface area contributed by atoms with Crippen LogP contribution in [-0.4, -0.2) is 15.1 Å². The number of aromatic amines is 2. The number of H-pyrrole nitrogens is 2. The number of hydrogen-bond donors (Lipinski definition) is 2. The Kier molecular flexibility index (Phi) is 4.02. The summed E-state index contributed by atoms with van der Waals surface area (Å²) in [5.41, 5.74) is 1.38. The molecule has 21 heavy (non-hydrogen) atoms. The Bertz CT molecular complexity index is 813. The van der Waals surface area contributed by atoms with E-state index in [0.717, 1.165) is 9.39 Å². The molecule has 2 N–H and O–H groups in total. The number of aromatic nitrogens is 4. The highest BCUT2D eigenvalue weighted by Gasteiger charge is 2.18. The Morgan fingerprint density at radius 2 is 2.14 bits per heavy atom. The molecule has 0 aliphatic heterocycles. The fourth-order valence-electron chi connectivity index (χ4n) is 1.99. The predicted octanol–water partition coefficient (Wildman–Crippen LogP) is 1.72. The maximum absolute atomic E-state index is 12.0. The molecular formula is C14H14IN4O2+. The number of imidazole rings is 1. The zero-order valence-corrected chi connectivity index (χ0v) is 13.5. The minimum absolute atomic E-state index is 0.186. The number of rotatable bonds is 4. The third-order valence-electron chi connectivity index (χ3n) is 3.15. The van der Waals surface area contributed by atoms with Crippen molar-refractivity contribution in [2.24, 2.45) is 0 Å². The summed E-state index contributed by atoms with van der Waals surface area (Å²) in [4.78, 5) is 17.7. The van der Waals surface area contributed by atoms with Crippen molar-refractivity contribution in [2.45, 2.75) is 19.6 Å². The lowest BCUT2D eigenvalue weighted by Gasteiger charge is -2.11. The van der Waals surface area contributed by atoms with Gasteiger partial charge in [0.15, 0.2) is 5.82 Å². The van der Waals surface area contributed by atoms with Gasteiger partial charge in [0.1, 0.15) is 12.3 Å². The molecule has 2 aromatic heterocycles. The van der Waals surface area contributed by atoms with Gasteiger partial charge in [-0.1, -0.05) is 39.9 Å². The lowest BCUT2D eigenvalue weighted by atomic mass is 10.2. The van der Waals surface area contributed by atoms with Crippen molar-refractivity contribution in [3.63, 3.8) is 0 Å². The fraction of sp³-hybridized carbons (Fsp3) is 0.214. The zero-order chi connectivity index (χ0) is 14.8. The molecule has 108 valence electrons. The minimum Gasteiger partial charge on any atom is -0.366 e. The molecule has 0 aliphatic carbocycles. The van der Waals surface area contributed by atoms with Crippen LogP contribution in [0.3, 0.4) is 0 Å². The Balaban J connectivity index is 1.83. The number of halogens is 1. The lowest BCUT2D eigenvalue weighted by molar-refractivity contribution is -0.596. The van der Waals surface area contributed by atoms with E-state index in [0.29, 0.717) is 17.9 Å². The van der Waals surface area contributed by atoms with E-state index in [9.17, 15) is 4.79 Å². The molecule has 2 heterocycles. The van der Waals surface area contributed by atoms with E-state index in [-0.39, 0.29) is 11.7 Å². The number of nitrogens with zero attached hydrogens (tertiary/aromatic N) is 2. The minimum atomic E-state index is -0.305. The molecule has 0 saturated heterocycles. The number of hydrogen-bond acceptors (Lipinski definition) is 3. The van der Waals surface area contributed by atoms with Crippen molar-refractivity contribution in [3.8, 4) is 0 Å². The maximum Gasteiger partial charge on any atom is 0.341 e. The molecule has 0 spiro atoms. The second-order valence-corrected chi connectivity index (χ2v) is 5.68. The molecule has 3 aromatic rings. The number of nitrogens with one attached hydrogen (secondary N) is 2. The molecule has 1 aromatic carbocycles. The topological polar surface area (TPSA) is 74.9 Å². The van der Waals surface area contributed by atoms with Crippen LogP contribution in [0.4, 0.5) is 0 Å². The van der Waals surface area contributed by atoms with Crippen LogP contribution in [0, 0.1) is 3.83 Å².